The monoisotopic (exact) mass is 170 g/mol. The van der Waals surface area contributed by atoms with Crippen LogP contribution in [0.1, 0.15) is 26.7 Å². The summed E-state index contributed by atoms with van der Waals surface area (Å²) in [7, 11) is 0. The Kier molecular flexibility index (Phi) is 3.06. The quantitative estimate of drug-likeness (QED) is 0.627. The highest BCUT2D eigenvalue weighted by Gasteiger charge is 2.05. The fourth-order valence-corrected chi connectivity index (χ4v) is 1.19. The highest BCUT2D eigenvalue weighted by atomic mass is 32.1. The van der Waals surface area contributed by atoms with E-state index in [0.29, 0.717) is 0 Å². The van der Waals surface area contributed by atoms with Crippen LogP contribution in [0, 0.1) is 0 Å². The van der Waals surface area contributed by atoms with Gasteiger partial charge in [0.2, 0.25) is 0 Å². The highest BCUT2D eigenvalue weighted by Crippen LogP contribution is 2.21. The molecule has 1 aliphatic rings. The van der Waals surface area contributed by atoms with Gasteiger partial charge in [0.25, 0.3) is 0 Å². The first-order chi connectivity index (χ1) is 5.18. The van der Waals surface area contributed by atoms with Gasteiger partial charge in [0.1, 0.15) is 0 Å². The predicted octanol–water partition coefficient (Wildman–Crippen LogP) is 2.90. The van der Waals surface area contributed by atoms with Crippen LogP contribution in [-0.2, 0) is 4.74 Å². The number of hydrogen-bond donors (Lipinski definition) is 1. The molecule has 0 unspecified atom stereocenters. The van der Waals surface area contributed by atoms with Gasteiger partial charge in [-0.3, -0.25) is 0 Å². The van der Waals surface area contributed by atoms with Crippen molar-refractivity contribution in [2.24, 2.45) is 0 Å². The van der Waals surface area contributed by atoms with Crippen molar-refractivity contribution in [3.63, 3.8) is 0 Å². The average molecular weight is 170 g/mol. The molecule has 1 rings (SSSR count). The van der Waals surface area contributed by atoms with Crippen LogP contribution >= 0.6 is 12.6 Å². The topological polar surface area (TPSA) is 9.23 Å². The zero-order valence-corrected chi connectivity index (χ0v) is 7.90. The Morgan fingerprint density at radius 1 is 1.36 bits per heavy atom. The number of allylic oxidation sites excluding steroid dienone is 4. The van der Waals surface area contributed by atoms with Crippen LogP contribution in [0.4, 0.5) is 0 Å². The standard InChI is InChI=1S/C9H14OS/c1-7(2)10-8-3-5-9(11)6-4-8/h3,5,7,11H,4,6H2,1-2H3. The fraction of sp³-hybridized carbons (Fsp3) is 0.556. The normalized spacial score (nSPS) is 17.8. The third-order valence-corrected chi connectivity index (χ3v) is 1.85. The van der Waals surface area contributed by atoms with E-state index < -0.39 is 0 Å². The molecule has 2 heteroatoms. The lowest BCUT2D eigenvalue weighted by molar-refractivity contribution is 0.139. The Hall–Kier alpha value is -0.370. The Bertz CT molecular complexity index is 192. The molecule has 11 heavy (non-hydrogen) atoms. The number of hydrogen-bond acceptors (Lipinski definition) is 2. The summed E-state index contributed by atoms with van der Waals surface area (Å²) in [5, 5.41) is 0. The van der Waals surface area contributed by atoms with E-state index in [9.17, 15) is 0 Å². The molecule has 0 aromatic carbocycles. The fourth-order valence-electron chi connectivity index (χ4n) is 1.01. The smallest absolute Gasteiger partial charge is 0.0967 e. The summed E-state index contributed by atoms with van der Waals surface area (Å²) >= 11 is 4.25. The van der Waals surface area contributed by atoms with Crippen molar-refractivity contribution in [1.82, 2.24) is 0 Å². The molecule has 1 nitrogen and oxygen atoms in total. The molecule has 0 amide bonds. The van der Waals surface area contributed by atoms with E-state index >= 15 is 0 Å². The molecule has 0 aromatic heterocycles. The van der Waals surface area contributed by atoms with E-state index in [1.807, 2.05) is 26.0 Å². The molecule has 0 saturated heterocycles. The van der Waals surface area contributed by atoms with Crippen molar-refractivity contribution in [3.8, 4) is 0 Å². The molecule has 0 atom stereocenters. The molecule has 0 bridgehead atoms. The maximum Gasteiger partial charge on any atom is 0.0967 e. The Balaban J connectivity index is 2.48. The van der Waals surface area contributed by atoms with Crippen molar-refractivity contribution in [2.45, 2.75) is 32.8 Å². The molecular weight excluding hydrogens is 156 g/mol. The first-order valence-electron chi connectivity index (χ1n) is 3.94. The van der Waals surface area contributed by atoms with E-state index in [2.05, 4.69) is 12.6 Å². The van der Waals surface area contributed by atoms with Crippen molar-refractivity contribution in [1.29, 1.82) is 0 Å². The summed E-state index contributed by atoms with van der Waals surface area (Å²) in [5.41, 5.74) is 0. The molecule has 0 saturated carbocycles. The van der Waals surface area contributed by atoms with Gasteiger partial charge in [0.15, 0.2) is 0 Å². The molecule has 0 radical (unpaired) electrons. The van der Waals surface area contributed by atoms with Crippen LogP contribution in [0.3, 0.4) is 0 Å². The number of ether oxygens (including phenoxy) is 1. The Labute approximate surface area is 73.5 Å². The largest absolute Gasteiger partial charge is 0.495 e. The first-order valence-corrected chi connectivity index (χ1v) is 4.38. The molecule has 0 heterocycles. The molecule has 0 spiro atoms. The lowest BCUT2D eigenvalue weighted by atomic mass is 10.1. The zero-order chi connectivity index (χ0) is 8.27. The van der Waals surface area contributed by atoms with Gasteiger partial charge in [0.05, 0.1) is 11.9 Å². The van der Waals surface area contributed by atoms with E-state index in [1.54, 1.807) is 0 Å². The van der Waals surface area contributed by atoms with E-state index in [4.69, 9.17) is 4.74 Å². The van der Waals surface area contributed by atoms with Crippen LogP contribution in [0.5, 0.6) is 0 Å². The van der Waals surface area contributed by atoms with Crippen LogP contribution < -0.4 is 0 Å². The van der Waals surface area contributed by atoms with Gasteiger partial charge in [0, 0.05) is 6.42 Å². The van der Waals surface area contributed by atoms with Crippen LogP contribution in [0.2, 0.25) is 0 Å². The maximum absolute atomic E-state index is 5.52. The van der Waals surface area contributed by atoms with Gasteiger partial charge in [-0.1, -0.05) is 0 Å². The van der Waals surface area contributed by atoms with Crippen LogP contribution in [0.25, 0.3) is 0 Å². The van der Waals surface area contributed by atoms with Gasteiger partial charge in [-0.2, -0.15) is 0 Å². The number of rotatable bonds is 2. The van der Waals surface area contributed by atoms with Crippen LogP contribution in [0.15, 0.2) is 22.8 Å². The average Bonchev–Trinajstić information content (AvgIpc) is 1.93. The third kappa shape index (κ3) is 3.02. The van der Waals surface area contributed by atoms with Crippen molar-refractivity contribution >= 4 is 12.6 Å². The zero-order valence-electron chi connectivity index (χ0n) is 7.00. The molecule has 0 aromatic rings. The van der Waals surface area contributed by atoms with Crippen molar-refractivity contribution in [2.75, 3.05) is 0 Å². The molecule has 0 aliphatic heterocycles. The molecule has 62 valence electrons. The van der Waals surface area contributed by atoms with E-state index in [0.717, 1.165) is 23.5 Å². The minimum atomic E-state index is 0.288. The lowest BCUT2D eigenvalue weighted by Crippen LogP contribution is -2.03. The van der Waals surface area contributed by atoms with Crippen LogP contribution in [-0.4, -0.2) is 6.10 Å². The predicted molar refractivity (Wildman–Crippen MR) is 50.6 cm³/mol. The van der Waals surface area contributed by atoms with Crippen molar-refractivity contribution < 1.29 is 4.74 Å². The first kappa shape index (κ1) is 8.72. The van der Waals surface area contributed by atoms with E-state index in [1.165, 1.54) is 0 Å². The van der Waals surface area contributed by atoms with E-state index in [-0.39, 0.29) is 6.10 Å². The second-order valence-corrected chi connectivity index (χ2v) is 3.53. The second kappa shape index (κ2) is 3.86. The van der Waals surface area contributed by atoms with Gasteiger partial charge in [-0.25, -0.2) is 0 Å². The van der Waals surface area contributed by atoms with Gasteiger partial charge in [-0.05, 0) is 37.3 Å². The SMILES string of the molecule is CC(C)OC1=CC=C(S)CC1. The highest BCUT2D eigenvalue weighted by molar-refractivity contribution is 7.84. The van der Waals surface area contributed by atoms with Gasteiger partial charge < -0.3 is 4.74 Å². The summed E-state index contributed by atoms with van der Waals surface area (Å²) in [6.45, 7) is 4.08. The van der Waals surface area contributed by atoms with Crippen molar-refractivity contribution in [3.05, 3.63) is 22.8 Å². The summed E-state index contributed by atoms with van der Waals surface area (Å²) in [6.07, 6.45) is 6.31. The summed E-state index contributed by atoms with van der Waals surface area (Å²) in [4.78, 5) is 1.14. The Morgan fingerprint density at radius 3 is 2.55 bits per heavy atom. The Morgan fingerprint density at radius 2 is 2.09 bits per heavy atom. The summed E-state index contributed by atoms with van der Waals surface area (Å²) in [5.74, 6) is 1.08. The second-order valence-electron chi connectivity index (χ2n) is 2.96. The van der Waals surface area contributed by atoms with Gasteiger partial charge >= 0.3 is 0 Å². The minimum Gasteiger partial charge on any atom is -0.495 e. The lowest BCUT2D eigenvalue weighted by Gasteiger charge is -2.15. The number of thiol groups is 1. The molecule has 0 fully saturated rings. The summed E-state index contributed by atoms with van der Waals surface area (Å²) < 4.78 is 5.52. The third-order valence-electron chi connectivity index (χ3n) is 1.48. The minimum absolute atomic E-state index is 0.288. The summed E-state index contributed by atoms with van der Waals surface area (Å²) in [6, 6.07) is 0. The molecule has 1 aliphatic carbocycles. The molecular formula is C9H14OS. The maximum atomic E-state index is 5.52. The molecule has 0 N–H and O–H groups in total. The van der Waals surface area contributed by atoms with Gasteiger partial charge in [-0.15, -0.1) is 12.6 Å².